The van der Waals surface area contributed by atoms with Crippen LogP contribution in [-0.2, 0) is 13.5 Å². The molecule has 0 bridgehead atoms. The predicted molar refractivity (Wildman–Crippen MR) is 96.0 cm³/mol. The van der Waals surface area contributed by atoms with E-state index in [0.717, 1.165) is 22.3 Å². The molecule has 0 saturated heterocycles. The van der Waals surface area contributed by atoms with Crippen LogP contribution >= 0.6 is 11.3 Å². The van der Waals surface area contributed by atoms with Crippen molar-refractivity contribution in [2.24, 2.45) is 12.0 Å². The maximum atomic E-state index is 12.5. The van der Waals surface area contributed by atoms with Gasteiger partial charge in [-0.2, -0.15) is 4.99 Å². The van der Waals surface area contributed by atoms with E-state index >= 15 is 0 Å². The Labute approximate surface area is 139 Å². The van der Waals surface area contributed by atoms with Gasteiger partial charge in [-0.3, -0.25) is 4.79 Å². The molecule has 0 spiro atoms. The fourth-order valence-corrected chi connectivity index (χ4v) is 3.61. The summed E-state index contributed by atoms with van der Waals surface area (Å²) in [5, 5.41) is 0. The number of aromatic nitrogens is 1. The number of hydrogen-bond donors (Lipinski definition) is 0. The number of thiazole rings is 1. The molecule has 0 aliphatic carbocycles. The van der Waals surface area contributed by atoms with Crippen molar-refractivity contribution < 1.29 is 4.79 Å². The molecule has 0 saturated carbocycles. The molecular formula is C19H20N2OS. The van der Waals surface area contributed by atoms with Crippen LogP contribution < -0.4 is 4.80 Å². The molecule has 4 heteroatoms. The molecular weight excluding hydrogens is 304 g/mol. The Morgan fingerprint density at radius 3 is 2.61 bits per heavy atom. The Morgan fingerprint density at radius 1 is 1.13 bits per heavy atom. The van der Waals surface area contributed by atoms with Crippen LogP contribution in [0.1, 0.15) is 34.0 Å². The van der Waals surface area contributed by atoms with Gasteiger partial charge in [0.2, 0.25) is 0 Å². The summed E-state index contributed by atoms with van der Waals surface area (Å²) in [5.74, 6) is -0.189. The van der Waals surface area contributed by atoms with E-state index in [1.807, 2.05) is 43.7 Å². The molecule has 2 aromatic carbocycles. The van der Waals surface area contributed by atoms with Gasteiger partial charge in [0.15, 0.2) is 4.80 Å². The lowest BCUT2D eigenvalue weighted by Gasteiger charge is -2.01. The van der Waals surface area contributed by atoms with Crippen molar-refractivity contribution in [3.05, 3.63) is 63.5 Å². The minimum atomic E-state index is -0.189. The van der Waals surface area contributed by atoms with Crippen molar-refractivity contribution in [1.82, 2.24) is 4.57 Å². The number of aryl methyl sites for hydroxylation is 4. The first-order chi connectivity index (χ1) is 11.0. The Balaban J connectivity index is 2.07. The zero-order valence-corrected chi connectivity index (χ0v) is 14.7. The molecule has 23 heavy (non-hydrogen) atoms. The van der Waals surface area contributed by atoms with Gasteiger partial charge in [0, 0.05) is 12.6 Å². The summed E-state index contributed by atoms with van der Waals surface area (Å²) in [6, 6.07) is 12.1. The highest BCUT2D eigenvalue weighted by atomic mass is 32.1. The molecule has 1 heterocycles. The lowest BCUT2D eigenvalue weighted by molar-refractivity contribution is 0.0998. The van der Waals surface area contributed by atoms with Crippen LogP contribution in [0.25, 0.3) is 10.2 Å². The second-order valence-electron chi connectivity index (χ2n) is 5.82. The van der Waals surface area contributed by atoms with Gasteiger partial charge in [0.1, 0.15) is 0 Å². The Kier molecular flexibility index (Phi) is 4.18. The number of nitrogens with zero attached hydrogens (tertiary/aromatic N) is 2. The maximum Gasteiger partial charge on any atom is 0.279 e. The van der Waals surface area contributed by atoms with E-state index < -0.39 is 0 Å². The molecule has 3 rings (SSSR count). The molecule has 0 atom stereocenters. The van der Waals surface area contributed by atoms with E-state index in [1.54, 1.807) is 11.3 Å². The number of amides is 1. The molecule has 0 N–H and O–H groups in total. The SMILES string of the molecule is CCc1ccc2c(c1)sc(=NC(=O)c1ccc(C)c(C)c1)n2C. The zero-order chi connectivity index (χ0) is 16.6. The highest BCUT2D eigenvalue weighted by Crippen LogP contribution is 2.19. The number of carbonyl (C=O) groups is 1. The third kappa shape index (κ3) is 2.99. The fraction of sp³-hybridized carbons (Fsp3) is 0.263. The average Bonchev–Trinajstić information content (AvgIpc) is 2.85. The number of hydrogen-bond acceptors (Lipinski definition) is 2. The normalized spacial score (nSPS) is 12.1. The lowest BCUT2D eigenvalue weighted by Crippen LogP contribution is -2.13. The first-order valence-electron chi connectivity index (χ1n) is 7.74. The van der Waals surface area contributed by atoms with Gasteiger partial charge < -0.3 is 4.57 Å². The van der Waals surface area contributed by atoms with Crippen LogP contribution in [0.15, 0.2) is 41.4 Å². The summed E-state index contributed by atoms with van der Waals surface area (Å²) in [5.41, 5.74) is 5.34. The Morgan fingerprint density at radius 2 is 1.91 bits per heavy atom. The minimum Gasteiger partial charge on any atom is -0.319 e. The van der Waals surface area contributed by atoms with E-state index in [4.69, 9.17) is 0 Å². The van der Waals surface area contributed by atoms with Crippen molar-refractivity contribution >= 4 is 27.5 Å². The summed E-state index contributed by atoms with van der Waals surface area (Å²) in [6.07, 6.45) is 1.01. The van der Waals surface area contributed by atoms with E-state index in [9.17, 15) is 4.79 Å². The minimum absolute atomic E-state index is 0.189. The Hall–Kier alpha value is -2.20. The molecule has 0 radical (unpaired) electrons. The second-order valence-corrected chi connectivity index (χ2v) is 6.82. The molecule has 118 valence electrons. The third-order valence-electron chi connectivity index (χ3n) is 4.23. The monoisotopic (exact) mass is 324 g/mol. The predicted octanol–water partition coefficient (Wildman–Crippen LogP) is 4.16. The quantitative estimate of drug-likeness (QED) is 0.697. The van der Waals surface area contributed by atoms with Crippen molar-refractivity contribution in [3.8, 4) is 0 Å². The summed E-state index contributed by atoms with van der Waals surface area (Å²) in [4.78, 5) is 17.5. The van der Waals surface area contributed by atoms with Crippen LogP contribution in [0.5, 0.6) is 0 Å². The largest absolute Gasteiger partial charge is 0.319 e. The van der Waals surface area contributed by atoms with Crippen LogP contribution in [0.4, 0.5) is 0 Å². The summed E-state index contributed by atoms with van der Waals surface area (Å²) < 4.78 is 3.15. The van der Waals surface area contributed by atoms with Gasteiger partial charge in [-0.1, -0.05) is 30.4 Å². The number of fused-ring (bicyclic) bond motifs is 1. The smallest absolute Gasteiger partial charge is 0.279 e. The molecule has 3 nitrogen and oxygen atoms in total. The maximum absolute atomic E-state index is 12.5. The molecule has 1 aromatic heterocycles. The first-order valence-corrected chi connectivity index (χ1v) is 8.56. The third-order valence-corrected chi connectivity index (χ3v) is 5.33. The number of carbonyl (C=O) groups excluding carboxylic acids is 1. The molecule has 0 fully saturated rings. The zero-order valence-electron chi connectivity index (χ0n) is 13.9. The van der Waals surface area contributed by atoms with Crippen LogP contribution in [0.3, 0.4) is 0 Å². The van der Waals surface area contributed by atoms with Crippen molar-refractivity contribution in [2.75, 3.05) is 0 Å². The van der Waals surface area contributed by atoms with E-state index in [1.165, 1.54) is 15.8 Å². The van der Waals surface area contributed by atoms with E-state index in [2.05, 4.69) is 30.1 Å². The standard InChI is InChI=1S/C19H20N2OS/c1-5-14-7-9-16-17(11-14)23-19(21(16)4)20-18(22)15-8-6-12(2)13(3)10-15/h6-11H,5H2,1-4H3. The number of benzene rings is 2. The van der Waals surface area contributed by atoms with Crippen molar-refractivity contribution in [2.45, 2.75) is 27.2 Å². The number of rotatable bonds is 2. The van der Waals surface area contributed by atoms with Gasteiger partial charge in [-0.05, 0) is 61.2 Å². The summed E-state index contributed by atoms with van der Waals surface area (Å²) >= 11 is 1.56. The lowest BCUT2D eigenvalue weighted by atomic mass is 10.1. The summed E-state index contributed by atoms with van der Waals surface area (Å²) in [7, 11) is 1.96. The van der Waals surface area contributed by atoms with Crippen molar-refractivity contribution in [1.29, 1.82) is 0 Å². The van der Waals surface area contributed by atoms with Gasteiger partial charge in [-0.25, -0.2) is 0 Å². The Bertz CT molecular complexity index is 963. The fourth-order valence-electron chi connectivity index (χ4n) is 2.53. The van der Waals surface area contributed by atoms with Crippen LogP contribution in [-0.4, -0.2) is 10.5 Å². The second kappa shape index (κ2) is 6.13. The average molecular weight is 324 g/mol. The highest BCUT2D eigenvalue weighted by molar-refractivity contribution is 7.16. The summed E-state index contributed by atoms with van der Waals surface area (Å²) in [6.45, 7) is 6.19. The van der Waals surface area contributed by atoms with Gasteiger partial charge in [-0.15, -0.1) is 0 Å². The van der Waals surface area contributed by atoms with E-state index in [0.29, 0.717) is 5.56 Å². The van der Waals surface area contributed by atoms with Crippen molar-refractivity contribution in [3.63, 3.8) is 0 Å². The topological polar surface area (TPSA) is 34.4 Å². The molecule has 0 aliphatic rings. The van der Waals surface area contributed by atoms with Gasteiger partial charge in [0.25, 0.3) is 5.91 Å². The molecule has 3 aromatic rings. The first kappa shape index (κ1) is 15.7. The van der Waals surface area contributed by atoms with E-state index in [-0.39, 0.29) is 5.91 Å². The van der Waals surface area contributed by atoms with Crippen LogP contribution in [0.2, 0.25) is 0 Å². The van der Waals surface area contributed by atoms with Gasteiger partial charge in [0.05, 0.1) is 10.2 Å². The highest BCUT2D eigenvalue weighted by Gasteiger charge is 2.08. The van der Waals surface area contributed by atoms with Gasteiger partial charge >= 0.3 is 0 Å². The molecule has 0 unspecified atom stereocenters. The molecule has 1 amide bonds. The molecule has 0 aliphatic heterocycles. The van der Waals surface area contributed by atoms with Crippen LogP contribution in [0, 0.1) is 13.8 Å².